The average Bonchev–Trinajstić information content (AvgIpc) is 3.84. The van der Waals surface area contributed by atoms with Crippen molar-refractivity contribution in [2.24, 2.45) is 0 Å². The Morgan fingerprint density at radius 3 is 0.724 bits per heavy atom. The first kappa shape index (κ1) is 55.7. The van der Waals surface area contributed by atoms with E-state index in [-0.39, 0.29) is 41.0 Å². The minimum atomic E-state index is -1.22. The van der Waals surface area contributed by atoms with Crippen LogP contribution in [-0.2, 0) is 26.1 Å². The van der Waals surface area contributed by atoms with Gasteiger partial charge in [-0.25, -0.2) is 0 Å². The van der Waals surface area contributed by atoms with Crippen molar-refractivity contribution >= 4 is 17.2 Å². The summed E-state index contributed by atoms with van der Waals surface area (Å²) in [7, 11) is -2.43. The summed E-state index contributed by atoms with van der Waals surface area (Å²) < 4.78 is 34.1. The number of hydrogen-bond acceptors (Lipinski definition) is 6. The number of rotatable bonds is 36. The van der Waals surface area contributed by atoms with Gasteiger partial charge in [-0.05, 0) is 37.1 Å². The van der Waals surface area contributed by atoms with Gasteiger partial charge in [0, 0.05) is 0 Å². The second-order valence-electron chi connectivity index (χ2n) is 16.0. The van der Waals surface area contributed by atoms with Gasteiger partial charge in [0.25, 0.3) is 0 Å². The first-order valence-electron chi connectivity index (χ1n) is 23.6. The standard InChI is InChI=1S/2C24H41O3P.Cu.HI/c2*1-2-3-4-5-6-7-8-9-10-11-12-13-14-15-16-19-22-25-28-26-23-20-17-18-21-24(23)27-28;;/h2*17-18,20-21H,2-16,19,22H2,1H3;;1H/q;;+1;/p-1. The van der Waals surface area contributed by atoms with Crippen molar-refractivity contribution in [2.75, 3.05) is 13.2 Å². The fraction of sp³-hybridized carbons (Fsp3) is 0.750. The number of halogens is 1. The molecule has 0 spiro atoms. The molecule has 4 rings (SSSR count). The molecule has 0 bridgehead atoms. The zero-order chi connectivity index (χ0) is 39.4. The number of para-hydroxylation sites is 4. The summed E-state index contributed by atoms with van der Waals surface area (Å²) >= 11 is 0. The maximum Gasteiger partial charge on any atom is 1.00 e. The van der Waals surface area contributed by atoms with Gasteiger partial charge in [0.05, 0.1) is 13.2 Å². The molecule has 10 heteroatoms. The van der Waals surface area contributed by atoms with E-state index in [1.165, 1.54) is 193 Å². The van der Waals surface area contributed by atoms with E-state index in [1.807, 2.05) is 48.5 Å². The van der Waals surface area contributed by atoms with Crippen LogP contribution in [0.5, 0.6) is 23.0 Å². The van der Waals surface area contributed by atoms with Crippen molar-refractivity contribution in [3.63, 3.8) is 0 Å². The van der Waals surface area contributed by atoms with Crippen molar-refractivity contribution in [1.29, 1.82) is 0 Å². The SMILES string of the molecule is CCCCCCCCCCCCCCCCCCOP1Oc2ccccc2O1.CCCCCCCCCCCCCCCCCCOP1Oc2ccccc2O1.[Cu+].[I-]. The fourth-order valence-electron chi connectivity index (χ4n) is 7.24. The van der Waals surface area contributed by atoms with Crippen LogP contribution in [0.1, 0.15) is 219 Å². The molecule has 2 heterocycles. The molecule has 0 saturated heterocycles. The summed E-state index contributed by atoms with van der Waals surface area (Å²) in [5.41, 5.74) is 0. The first-order chi connectivity index (χ1) is 27.8. The van der Waals surface area contributed by atoms with E-state index in [1.54, 1.807) is 0 Å². The normalized spacial score (nSPS) is 12.9. The Balaban J connectivity index is 0.000000561. The van der Waals surface area contributed by atoms with E-state index in [4.69, 9.17) is 27.1 Å². The molecular formula is C48H82CuIO6P2. The van der Waals surface area contributed by atoms with Gasteiger partial charge in [-0.1, -0.05) is 231 Å². The molecule has 0 amide bonds. The molecule has 6 nitrogen and oxygen atoms in total. The molecule has 0 N–H and O–H groups in total. The molecular weight excluding hydrogens is 925 g/mol. The topological polar surface area (TPSA) is 55.4 Å². The van der Waals surface area contributed by atoms with Crippen LogP contribution in [0.3, 0.4) is 0 Å². The van der Waals surface area contributed by atoms with Crippen LogP contribution in [0.25, 0.3) is 0 Å². The van der Waals surface area contributed by atoms with Crippen LogP contribution in [-0.4, -0.2) is 13.2 Å². The van der Waals surface area contributed by atoms with E-state index in [0.717, 1.165) is 49.1 Å². The molecule has 58 heavy (non-hydrogen) atoms. The summed E-state index contributed by atoms with van der Waals surface area (Å²) in [6.07, 6.45) is 44.4. The zero-order valence-corrected chi connectivity index (χ0v) is 41.6. The van der Waals surface area contributed by atoms with Gasteiger partial charge in [-0.3, -0.25) is 9.05 Å². The predicted octanol–water partition coefficient (Wildman–Crippen LogP) is 14.9. The maximum atomic E-state index is 5.72. The Hall–Kier alpha value is -0.331. The monoisotopic (exact) mass is 1010 g/mol. The molecule has 2 aromatic carbocycles. The van der Waals surface area contributed by atoms with Crippen LogP contribution < -0.4 is 42.1 Å². The minimum absolute atomic E-state index is 0. The Morgan fingerprint density at radius 2 is 0.517 bits per heavy atom. The molecule has 2 aromatic rings. The molecule has 338 valence electrons. The smallest absolute Gasteiger partial charge is 1.00 e. The van der Waals surface area contributed by atoms with Gasteiger partial charge in [-0.2, -0.15) is 0 Å². The number of hydrogen-bond donors (Lipinski definition) is 0. The van der Waals surface area contributed by atoms with Crippen LogP contribution in [0, 0.1) is 0 Å². The minimum Gasteiger partial charge on any atom is -1.00 e. The second kappa shape index (κ2) is 40.7. The summed E-state index contributed by atoms with van der Waals surface area (Å²) in [6.45, 7) is 6.04. The van der Waals surface area contributed by atoms with Gasteiger partial charge >= 0.3 is 34.3 Å². The van der Waals surface area contributed by atoms with E-state index >= 15 is 0 Å². The first-order valence-corrected chi connectivity index (χ1v) is 25.7. The Kier molecular flexibility index (Phi) is 39.1. The van der Waals surface area contributed by atoms with E-state index in [9.17, 15) is 0 Å². The van der Waals surface area contributed by atoms with Crippen LogP contribution in [0.15, 0.2) is 48.5 Å². The molecule has 0 radical (unpaired) electrons. The molecule has 0 unspecified atom stereocenters. The summed E-state index contributed by atoms with van der Waals surface area (Å²) in [5.74, 6) is 3.22. The summed E-state index contributed by atoms with van der Waals surface area (Å²) in [5, 5.41) is 0. The van der Waals surface area contributed by atoms with Crippen molar-refractivity contribution in [1.82, 2.24) is 0 Å². The van der Waals surface area contributed by atoms with Crippen molar-refractivity contribution in [3.8, 4) is 23.0 Å². The Morgan fingerprint density at radius 1 is 0.328 bits per heavy atom. The van der Waals surface area contributed by atoms with Gasteiger partial charge in [-0.15, -0.1) is 0 Å². The molecule has 0 aliphatic carbocycles. The third-order valence-electron chi connectivity index (χ3n) is 10.8. The Labute approximate surface area is 387 Å². The van der Waals surface area contributed by atoms with Gasteiger partial charge in [0.2, 0.25) is 0 Å². The van der Waals surface area contributed by atoms with E-state index in [0.29, 0.717) is 0 Å². The van der Waals surface area contributed by atoms with Gasteiger partial charge in [0.1, 0.15) is 0 Å². The maximum absolute atomic E-state index is 5.72. The number of fused-ring (bicyclic) bond motifs is 2. The third kappa shape index (κ3) is 29.1. The molecule has 0 atom stereocenters. The molecule has 0 aromatic heterocycles. The predicted molar refractivity (Wildman–Crippen MR) is 240 cm³/mol. The quantitative estimate of drug-likeness (QED) is 0.0293. The molecule has 2 aliphatic heterocycles. The van der Waals surface area contributed by atoms with E-state index < -0.39 is 17.2 Å². The van der Waals surface area contributed by atoms with Gasteiger partial charge < -0.3 is 42.1 Å². The fourth-order valence-corrected chi connectivity index (χ4v) is 9.33. The number of benzene rings is 2. The summed E-state index contributed by atoms with van der Waals surface area (Å²) in [4.78, 5) is 0. The van der Waals surface area contributed by atoms with Crippen molar-refractivity contribution in [2.45, 2.75) is 219 Å². The zero-order valence-electron chi connectivity index (χ0n) is 36.7. The largest absolute Gasteiger partial charge is 1.00 e. The third-order valence-corrected chi connectivity index (χ3v) is 12.9. The molecule has 2 aliphatic rings. The van der Waals surface area contributed by atoms with E-state index in [2.05, 4.69) is 13.8 Å². The molecule has 0 saturated carbocycles. The van der Waals surface area contributed by atoms with Crippen molar-refractivity contribution in [3.05, 3.63) is 48.5 Å². The van der Waals surface area contributed by atoms with Crippen LogP contribution in [0.2, 0.25) is 0 Å². The average molecular weight is 1010 g/mol. The van der Waals surface area contributed by atoms with Gasteiger partial charge in [0.15, 0.2) is 23.0 Å². The van der Waals surface area contributed by atoms with Crippen LogP contribution in [0.4, 0.5) is 0 Å². The van der Waals surface area contributed by atoms with Crippen LogP contribution >= 0.6 is 17.2 Å². The number of unbranched alkanes of at least 4 members (excludes halogenated alkanes) is 30. The van der Waals surface area contributed by atoms with Crippen molar-refractivity contribution < 1.29 is 68.2 Å². The second-order valence-corrected chi connectivity index (χ2v) is 18.1. The Bertz CT molecular complexity index is 1040. The summed E-state index contributed by atoms with van der Waals surface area (Å²) in [6, 6.07) is 15.5. The molecule has 0 fully saturated rings.